The average molecular weight is 480 g/mol. The van der Waals surface area contributed by atoms with Crippen LogP contribution in [0.4, 0.5) is 5.69 Å². The van der Waals surface area contributed by atoms with E-state index in [4.69, 9.17) is 9.47 Å². The summed E-state index contributed by atoms with van der Waals surface area (Å²) in [6.07, 6.45) is 2.95. The maximum atomic E-state index is 13.2. The largest absolute Gasteiger partial charge is 0.466 e. The number of nitro benzene ring substituents is 1. The molecule has 2 aromatic rings. The van der Waals surface area contributed by atoms with Crippen molar-refractivity contribution in [1.82, 2.24) is 15.6 Å². The molecule has 1 aromatic carbocycles. The number of nitrogens with one attached hydrogen (secondary N) is 2. The number of benzene rings is 1. The van der Waals surface area contributed by atoms with Gasteiger partial charge in [0.05, 0.1) is 41.2 Å². The lowest BCUT2D eigenvalue weighted by atomic mass is 9.79. The Bertz CT molecular complexity index is 1220. The molecule has 1 atom stereocenters. The summed E-state index contributed by atoms with van der Waals surface area (Å²) in [6, 6.07) is 9.08. The lowest BCUT2D eigenvalue weighted by Gasteiger charge is -2.30. The van der Waals surface area contributed by atoms with E-state index in [0.29, 0.717) is 17.0 Å². The van der Waals surface area contributed by atoms with Crippen LogP contribution in [0.3, 0.4) is 0 Å². The number of dihydropyridines is 1. The molecule has 0 fully saturated rings. The van der Waals surface area contributed by atoms with Gasteiger partial charge in [0.15, 0.2) is 0 Å². The van der Waals surface area contributed by atoms with Gasteiger partial charge in [0.2, 0.25) is 0 Å². The highest BCUT2D eigenvalue weighted by molar-refractivity contribution is 6.00. The Morgan fingerprint density at radius 3 is 2.40 bits per heavy atom. The maximum absolute atomic E-state index is 13.2. The number of amides is 1. The second-order valence-corrected chi connectivity index (χ2v) is 7.58. The molecule has 11 nitrogen and oxygen atoms in total. The average Bonchev–Trinajstić information content (AvgIpc) is 2.85. The summed E-state index contributed by atoms with van der Waals surface area (Å²) in [7, 11) is 1.19. The summed E-state index contributed by atoms with van der Waals surface area (Å²) in [5, 5.41) is 17.3. The molecule has 1 amide bonds. The molecule has 0 bridgehead atoms. The second kappa shape index (κ2) is 11.1. The van der Waals surface area contributed by atoms with Crippen LogP contribution in [0.2, 0.25) is 0 Å². The lowest BCUT2D eigenvalue weighted by molar-refractivity contribution is -0.385. The van der Waals surface area contributed by atoms with E-state index in [1.54, 1.807) is 38.2 Å². The number of ether oxygens (including phenoxy) is 2. The van der Waals surface area contributed by atoms with Crippen LogP contribution < -0.4 is 10.6 Å². The number of nitro groups is 1. The quantitative estimate of drug-likeness (QED) is 0.251. The highest BCUT2D eigenvalue weighted by Crippen LogP contribution is 2.42. The molecule has 0 spiro atoms. The van der Waals surface area contributed by atoms with Gasteiger partial charge in [-0.3, -0.25) is 19.9 Å². The number of pyridine rings is 1. The number of methoxy groups -OCH3 is 1. The summed E-state index contributed by atoms with van der Waals surface area (Å²) in [5.74, 6) is -3.00. The standard InChI is InChI=1S/C24H24N4O7/c1-14-19(23(30)34-3)21(17-8-4-5-9-18(17)28(32)33)20(15(2)27-14)24(31)35-12-11-26-22(29)16-7-6-10-25-13-16/h4-10,13,21,27H,11-12H2,1-3H3,(H,26,29). The van der Waals surface area contributed by atoms with E-state index in [2.05, 4.69) is 15.6 Å². The topological polar surface area (TPSA) is 150 Å². The second-order valence-electron chi connectivity index (χ2n) is 7.58. The summed E-state index contributed by atoms with van der Waals surface area (Å²) in [5.41, 5.74) is 1.12. The fourth-order valence-corrected chi connectivity index (χ4v) is 3.84. The highest BCUT2D eigenvalue weighted by atomic mass is 16.6. The van der Waals surface area contributed by atoms with Crippen LogP contribution in [-0.2, 0) is 19.1 Å². The minimum atomic E-state index is -1.09. The van der Waals surface area contributed by atoms with Gasteiger partial charge in [-0.2, -0.15) is 0 Å². The third-order valence-electron chi connectivity index (χ3n) is 5.37. The zero-order valence-corrected chi connectivity index (χ0v) is 19.4. The summed E-state index contributed by atoms with van der Waals surface area (Å²) in [4.78, 5) is 53.0. The van der Waals surface area contributed by atoms with E-state index >= 15 is 0 Å². The summed E-state index contributed by atoms with van der Waals surface area (Å²) < 4.78 is 10.3. The van der Waals surface area contributed by atoms with E-state index in [-0.39, 0.29) is 41.5 Å². The maximum Gasteiger partial charge on any atom is 0.336 e. The molecule has 1 aliphatic heterocycles. The predicted octanol–water partition coefficient (Wildman–Crippen LogP) is 2.37. The van der Waals surface area contributed by atoms with Crippen molar-refractivity contribution in [2.45, 2.75) is 19.8 Å². The van der Waals surface area contributed by atoms with Crippen molar-refractivity contribution in [2.24, 2.45) is 0 Å². The normalized spacial score (nSPS) is 15.2. The van der Waals surface area contributed by atoms with Crippen LogP contribution in [0.25, 0.3) is 0 Å². The molecule has 1 aliphatic rings. The number of allylic oxidation sites excluding steroid dienone is 2. The first-order chi connectivity index (χ1) is 16.8. The third-order valence-corrected chi connectivity index (χ3v) is 5.37. The van der Waals surface area contributed by atoms with Crippen LogP contribution >= 0.6 is 0 Å². The van der Waals surface area contributed by atoms with Gasteiger partial charge in [-0.15, -0.1) is 0 Å². The first-order valence-corrected chi connectivity index (χ1v) is 10.6. The third kappa shape index (κ3) is 5.52. The first-order valence-electron chi connectivity index (χ1n) is 10.6. The zero-order valence-electron chi connectivity index (χ0n) is 19.4. The van der Waals surface area contributed by atoms with Gasteiger partial charge in [0.1, 0.15) is 6.61 Å². The molecule has 2 N–H and O–H groups in total. The van der Waals surface area contributed by atoms with Crippen molar-refractivity contribution in [2.75, 3.05) is 20.3 Å². The molecule has 2 heterocycles. The molecular weight excluding hydrogens is 456 g/mol. The number of aromatic nitrogens is 1. The molecule has 182 valence electrons. The SMILES string of the molecule is COC(=O)C1=C(C)NC(C)=C(C(=O)OCCNC(=O)c2cccnc2)C1c1ccccc1[N+](=O)[O-]. The first kappa shape index (κ1) is 25.1. The minimum Gasteiger partial charge on any atom is -0.466 e. The van der Waals surface area contributed by atoms with E-state index in [1.807, 2.05) is 0 Å². The number of hydrogen-bond acceptors (Lipinski definition) is 9. The zero-order chi connectivity index (χ0) is 25.5. The van der Waals surface area contributed by atoms with Crippen molar-refractivity contribution >= 4 is 23.5 Å². The van der Waals surface area contributed by atoms with Crippen molar-refractivity contribution < 1.29 is 28.8 Å². The molecule has 1 unspecified atom stereocenters. The fourth-order valence-electron chi connectivity index (χ4n) is 3.84. The number of carbonyl (C=O) groups is 3. The van der Waals surface area contributed by atoms with Gasteiger partial charge in [0, 0.05) is 35.4 Å². The van der Waals surface area contributed by atoms with Gasteiger partial charge in [0.25, 0.3) is 11.6 Å². The Morgan fingerprint density at radius 1 is 1.09 bits per heavy atom. The number of nitrogens with zero attached hydrogens (tertiary/aromatic N) is 2. The van der Waals surface area contributed by atoms with Gasteiger partial charge in [-0.25, -0.2) is 9.59 Å². The van der Waals surface area contributed by atoms with Crippen molar-refractivity contribution in [3.05, 3.63) is 92.6 Å². The van der Waals surface area contributed by atoms with Gasteiger partial charge in [-0.1, -0.05) is 18.2 Å². The van der Waals surface area contributed by atoms with Crippen LogP contribution in [0.15, 0.2) is 71.3 Å². The number of esters is 2. The van der Waals surface area contributed by atoms with E-state index < -0.39 is 22.8 Å². The number of rotatable bonds is 8. The number of hydrogen-bond donors (Lipinski definition) is 2. The Hall–Kier alpha value is -4.54. The Labute approximate surface area is 201 Å². The molecular formula is C24H24N4O7. The van der Waals surface area contributed by atoms with Gasteiger partial charge >= 0.3 is 11.9 Å². The minimum absolute atomic E-state index is 0.0219. The molecule has 0 radical (unpaired) electrons. The fraction of sp³-hybridized carbons (Fsp3) is 0.250. The predicted molar refractivity (Wildman–Crippen MR) is 124 cm³/mol. The Balaban J connectivity index is 1.86. The van der Waals surface area contributed by atoms with Crippen LogP contribution in [0.5, 0.6) is 0 Å². The lowest BCUT2D eigenvalue weighted by Crippen LogP contribution is -2.33. The summed E-state index contributed by atoms with van der Waals surface area (Å²) in [6.45, 7) is 3.09. The number of carbonyl (C=O) groups excluding carboxylic acids is 3. The van der Waals surface area contributed by atoms with Crippen molar-refractivity contribution in [3.63, 3.8) is 0 Å². The summed E-state index contributed by atoms with van der Waals surface area (Å²) >= 11 is 0. The molecule has 1 aromatic heterocycles. The smallest absolute Gasteiger partial charge is 0.336 e. The Morgan fingerprint density at radius 2 is 1.77 bits per heavy atom. The van der Waals surface area contributed by atoms with Crippen molar-refractivity contribution in [3.8, 4) is 0 Å². The molecule has 3 rings (SSSR count). The monoisotopic (exact) mass is 480 g/mol. The Kier molecular flexibility index (Phi) is 7.92. The molecule has 11 heteroatoms. The molecule has 0 saturated heterocycles. The van der Waals surface area contributed by atoms with Gasteiger partial charge in [-0.05, 0) is 26.0 Å². The van der Waals surface area contributed by atoms with Crippen molar-refractivity contribution in [1.29, 1.82) is 0 Å². The van der Waals surface area contributed by atoms with Crippen LogP contribution in [-0.4, -0.2) is 48.0 Å². The van der Waals surface area contributed by atoms with Gasteiger partial charge < -0.3 is 20.1 Å². The van der Waals surface area contributed by atoms with Crippen LogP contribution in [0, 0.1) is 10.1 Å². The van der Waals surface area contributed by atoms with E-state index in [0.717, 1.165) is 0 Å². The van der Waals surface area contributed by atoms with Crippen LogP contribution in [0.1, 0.15) is 35.7 Å². The van der Waals surface area contributed by atoms with E-state index in [9.17, 15) is 24.5 Å². The molecule has 0 aliphatic carbocycles. The highest BCUT2D eigenvalue weighted by Gasteiger charge is 2.40. The number of para-hydroxylation sites is 1. The molecule has 35 heavy (non-hydrogen) atoms. The molecule has 0 saturated carbocycles. The van der Waals surface area contributed by atoms with E-state index in [1.165, 1.54) is 31.5 Å².